The number of nitrogens with two attached hydrogens (primary N) is 3. The summed E-state index contributed by atoms with van der Waals surface area (Å²) in [6.07, 6.45) is 1.42. The van der Waals surface area contributed by atoms with E-state index in [0.29, 0.717) is 0 Å². The van der Waals surface area contributed by atoms with E-state index < -0.39 is 0 Å². The molecule has 0 saturated carbocycles. The fraction of sp³-hybridized carbons (Fsp3) is 1.00. The predicted molar refractivity (Wildman–Crippen MR) is 35.0 cm³/mol. The molecular formula is C5H15N3. The van der Waals surface area contributed by atoms with E-state index in [4.69, 9.17) is 17.2 Å². The zero-order valence-electron chi connectivity index (χ0n) is 5.30. The van der Waals surface area contributed by atoms with E-state index in [1.165, 1.54) is 0 Å². The van der Waals surface area contributed by atoms with Gasteiger partial charge in [-0.05, 0) is 12.8 Å². The van der Waals surface area contributed by atoms with Gasteiger partial charge in [-0.2, -0.15) is 0 Å². The molecule has 1 atom stereocenters. The first kappa shape index (κ1) is 7.88. The van der Waals surface area contributed by atoms with Crippen molar-refractivity contribution in [1.29, 1.82) is 0 Å². The highest BCUT2D eigenvalue weighted by atomic mass is 14.9. The van der Waals surface area contributed by atoms with E-state index in [2.05, 4.69) is 0 Å². The standard InChI is InChI=1S/C5H15N3/c1-2-4(6)3-5(7)8/h4-5H,2-3,6-8H2,1H3. The third kappa shape index (κ3) is 4.05. The molecule has 8 heavy (non-hydrogen) atoms. The lowest BCUT2D eigenvalue weighted by molar-refractivity contribution is 0.522. The van der Waals surface area contributed by atoms with Crippen LogP contribution in [-0.2, 0) is 0 Å². The van der Waals surface area contributed by atoms with Gasteiger partial charge in [0.25, 0.3) is 0 Å². The average molecular weight is 117 g/mol. The molecule has 0 heterocycles. The minimum Gasteiger partial charge on any atom is -0.328 e. The first-order valence-electron chi connectivity index (χ1n) is 2.93. The van der Waals surface area contributed by atoms with Crippen molar-refractivity contribution in [2.45, 2.75) is 32.0 Å². The molecule has 0 aliphatic carbocycles. The van der Waals surface area contributed by atoms with Gasteiger partial charge in [-0.1, -0.05) is 6.92 Å². The molecule has 0 bridgehead atoms. The van der Waals surface area contributed by atoms with E-state index in [9.17, 15) is 0 Å². The first-order chi connectivity index (χ1) is 3.66. The largest absolute Gasteiger partial charge is 0.328 e. The van der Waals surface area contributed by atoms with Gasteiger partial charge in [0.1, 0.15) is 0 Å². The molecule has 0 aliphatic heterocycles. The molecule has 3 nitrogen and oxygen atoms in total. The second kappa shape index (κ2) is 3.83. The normalized spacial score (nSPS) is 14.6. The third-order valence-electron chi connectivity index (χ3n) is 1.10. The maximum absolute atomic E-state index is 5.51. The maximum Gasteiger partial charge on any atom is 0.0535 e. The van der Waals surface area contributed by atoms with Crippen LogP contribution in [0.15, 0.2) is 0 Å². The predicted octanol–water partition coefficient (Wildman–Crippen LogP) is -0.643. The number of hydrogen-bond donors (Lipinski definition) is 3. The van der Waals surface area contributed by atoms with Crippen LogP contribution in [0.5, 0.6) is 0 Å². The molecule has 1 unspecified atom stereocenters. The quantitative estimate of drug-likeness (QED) is 0.430. The summed E-state index contributed by atoms with van der Waals surface area (Å²) < 4.78 is 0. The molecule has 0 aromatic heterocycles. The molecule has 0 radical (unpaired) electrons. The molecule has 0 aromatic carbocycles. The zero-order chi connectivity index (χ0) is 6.57. The molecule has 0 fully saturated rings. The van der Waals surface area contributed by atoms with Crippen LogP contribution in [0.25, 0.3) is 0 Å². The van der Waals surface area contributed by atoms with Crippen LogP contribution in [0.4, 0.5) is 0 Å². The van der Waals surface area contributed by atoms with Gasteiger partial charge in [0.2, 0.25) is 0 Å². The van der Waals surface area contributed by atoms with Crippen molar-refractivity contribution in [1.82, 2.24) is 0 Å². The Morgan fingerprint density at radius 1 is 1.25 bits per heavy atom. The lowest BCUT2D eigenvalue weighted by atomic mass is 10.1. The summed E-state index contributed by atoms with van der Waals surface area (Å²) in [4.78, 5) is 0. The minimum atomic E-state index is -0.245. The summed E-state index contributed by atoms with van der Waals surface area (Å²) in [6, 6.07) is 0.176. The van der Waals surface area contributed by atoms with E-state index in [1.807, 2.05) is 6.92 Å². The summed E-state index contributed by atoms with van der Waals surface area (Å²) in [5.74, 6) is 0. The smallest absolute Gasteiger partial charge is 0.0535 e. The Kier molecular flexibility index (Phi) is 3.77. The highest BCUT2D eigenvalue weighted by Gasteiger charge is 2.00. The van der Waals surface area contributed by atoms with Gasteiger partial charge in [-0.25, -0.2) is 0 Å². The minimum absolute atomic E-state index is 0.176. The van der Waals surface area contributed by atoms with Crippen LogP contribution in [0.2, 0.25) is 0 Å². The monoisotopic (exact) mass is 117 g/mol. The second-order valence-electron chi connectivity index (χ2n) is 2.07. The second-order valence-corrected chi connectivity index (χ2v) is 2.07. The van der Waals surface area contributed by atoms with Crippen molar-refractivity contribution in [3.05, 3.63) is 0 Å². The van der Waals surface area contributed by atoms with Gasteiger partial charge in [-0.15, -0.1) is 0 Å². The highest BCUT2D eigenvalue weighted by Crippen LogP contribution is 1.91. The van der Waals surface area contributed by atoms with Crippen LogP contribution in [0.3, 0.4) is 0 Å². The van der Waals surface area contributed by atoms with Crippen molar-refractivity contribution < 1.29 is 0 Å². The van der Waals surface area contributed by atoms with Crippen molar-refractivity contribution in [3.63, 3.8) is 0 Å². The van der Waals surface area contributed by atoms with Gasteiger partial charge in [0, 0.05) is 6.04 Å². The van der Waals surface area contributed by atoms with Gasteiger partial charge >= 0.3 is 0 Å². The summed E-state index contributed by atoms with van der Waals surface area (Å²) in [6.45, 7) is 2.02. The molecule has 6 N–H and O–H groups in total. The fourth-order valence-corrected chi connectivity index (χ4v) is 0.516. The lowest BCUT2D eigenvalue weighted by Crippen LogP contribution is -2.37. The summed E-state index contributed by atoms with van der Waals surface area (Å²) in [5.41, 5.74) is 16.0. The molecule has 0 saturated heterocycles. The van der Waals surface area contributed by atoms with Crippen LogP contribution in [0.1, 0.15) is 19.8 Å². The Labute approximate surface area is 50.2 Å². The lowest BCUT2D eigenvalue weighted by Gasteiger charge is -2.10. The van der Waals surface area contributed by atoms with E-state index in [-0.39, 0.29) is 12.2 Å². The summed E-state index contributed by atoms with van der Waals surface area (Å²) in [7, 11) is 0. The van der Waals surface area contributed by atoms with Crippen LogP contribution in [-0.4, -0.2) is 12.2 Å². The molecule has 0 spiro atoms. The Hall–Kier alpha value is -0.120. The fourth-order valence-electron chi connectivity index (χ4n) is 0.516. The van der Waals surface area contributed by atoms with Crippen molar-refractivity contribution in [3.8, 4) is 0 Å². The van der Waals surface area contributed by atoms with Gasteiger partial charge in [-0.3, -0.25) is 0 Å². The number of rotatable bonds is 3. The topological polar surface area (TPSA) is 78.1 Å². The summed E-state index contributed by atoms with van der Waals surface area (Å²) >= 11 is 0. The van der Waals surface area contributed by atoms with E-state index in [1.54, 1.807) is 0 Å². The Morgan fingerprint density at radius 3 is 1.88 bits per heavy atom. The first-order valence-corrected chi connectivity index (χ1v) is 2.93. The van der Waals surface area contributed by atoms with Crippen LogP contribution < -0.4 is 17.2 Å². The zero-order valence-corrected chi connectivity index (χ0v) is 5.30. The third-order valence-corrected chi connectivity index (χ3v) is 1.10. The van der Waals surface area contributed by atoms with Crippen molar-refractivity contribution >= 4 is 0 Å². The van der Waals surface area contributed by atoms with Gasteiger partial charge in [0.05, 0.1) is 6.17 Å². The molecule has 0 aromatic rings. The SMILES string of the molecule is CCC(N)CC(N)N. The molecule has 0 rings (SSSR count). The molecular weight excluding hydrogens is 102 g/mol. The van der Waals surface area contributed by atoms with E-state index in [0.717, 1.165) is 12.8 Å². The molecule has 0 amide bonds. The van der Waals surface area contributed by atoms with Crippen LogP contribution >= 0.6 is 0 Å². The summed E-state index contributed by atoms with van der Waals surface area (Å²) in [5, 5.41) is 0. The average Bonchev–Trinajstić information content (AvgIpc) is 1.65. The van der Waals surface area contributed by atoms with Gasteiger partial charge in [0.15, 0.2) is 0 Å². The molecule has 0 aliphatic rings. The van der Waals surface area contributed by atoms with Crippen molar-refractivity contribution in [2.75, 3.05) is 0 Å². The number of hydrogen-bond acceptors (Lipinski definition) is 3. The van der Waals surface area contributed by atoms with Crippen LogP contribution in [0, 0.1) is 0 Å². The van der Waals surface area contributed by atoms with Crippen molar-refractivity contribution in [2.24, 2.45) is 17.2 Å². The Balaban J connectivity index is 3.10. The Morgan fingerprint density at radius 2 is 1.75 bits per heavy atom. The Bertz CT molecular complexity index is 53.6. The maximum atomic E-state index is 5.51. The molecule has 50 valence electrons. The van der Waals surface area contributed by atoms with Gasteiger partial charge < -0.3 is 17.2 Å². The molecule has 3 heteroatoms. The van der Waals surface area contributed by atoms with E-state index >= 15 is 0 Å². The highest BCUT2D eigenvalue weighted by molar-refractivity contribution is 4.63.